The van der Waals surface area contributed by atoms with Gasteiger partial charge in [-0.1, -0.05) is 43.4 Å². The molecule has 0 aliphatic carbocycles. The van der Waals surface area contributed by atoms with E-state index in [9.17, 15) is 14.7 Å². The van der Waals surface area contributed by atoms with Crippen LogP contribution in [0, 0.1) is 5.92 Å². The van der Waals surface area contributed by atoms with Crippen molar-refractivity contribution in [2.45, 2.75) is 64.3 Å². The van der Waals surface area contributed by atoms with Crippen LogP contribution >= 0.6 is 0 Å². The number of cyclic esters (lactones) is 1. The standard InChI is InChI=1S/C31H36O9/c1-19-14-15-24(38-29(33)21-10-7-6-8-11-21)28-25(39-31(3,4)40-28)13-9-12-22-16-23(32)17-26(36-18-35-5)27(22)30(34)37-20(19)2/h6-12,14-17,19-20,24-25,28,32H,13,18H2,1-5H3/b12-9?,15-14-/t19?,20-,24?,25-,28+/m0/s1. The van der Waals surface area contributed by atoms with Gasteiger partial charge in [0.1, 0.15) is 35.4 Å². The predicted molar refractivity (Wildman–Crippen MR) is 147 cm³/mol. The molecule has 2 aliphatic rings. The van der Waals surface area contributed by atoms with Gasteiger partial charge in [-0.15, -0.1) is 0 Å². The number of carbonyl (C=O) groups is 2. The SMILES string of the molecule is COCOc1cc(O)cc2c1C(=O)O[C@@H](C)C(C)/C=C\C(OC(=O)c1ccccc1)[C@H]1OC(C)(C)O[C@H]1CC=C2. The van der Waals surface area contributed by atoms with Crippen LogP contribution < -0.4 is 4.74 Å². The van der Waals surface area contributed by atoms with Gasteiger partial charge in [-0.3, -0.25) is 0 Å². The molecule has 214 valence electrons. The van der Waals surface area contributed by atoms with Crippen LogP contribution in [-0.2, 0) is 23.7 Å². The van der Waals surface area contributed by atoms with Gasteiger partial charge in [0.15, 0.2) is 12.6 Å². The largest absolute Gasteiger partial charge is 0.508 e. The van der Waals surface area contributed by atoms with Crippen LogP contribution in [-0.4, -0.2) is 61.2 Å². The molecule has 9 nitrogen and oxygen atoms in total. The molecule has 40 heavy (non-hydrogen) atoms. The van der Waals surface area contributed by atoms with E-state index in [-0.39, 0.29) is 29.8 Å². The summed E-state index contributed by atoms with van der Waals surface area (Å²) >= 11 is 0. The molecule has 2 aliphatic heterocycles. The maximum absolute atomic E-state index is 13.4. The normalized spacial score (nSPS) is 27.0. The Hall–Kier alpha value is -3.66. The Labute approximate surface area is 234 Å². The van der Waals surface area contributed by atoms with Gasteiger partial charge in [0.2, 0.25) is 0 Å². The average Bonchev–Trinajstić information content (AvgIpc) is 3.22. The lowest BCUT2D eigenvalue weighted by Gasteiger charge is -2.25. The fraction of sp³-hybridized carbons (Fsp3) is 0.419. The molecule has 0 bridgehead atoms. The highest BCUT2D eigenvalue weighted by atomic mass is 16.8. The van der Waals surface area contributed by atoms with E-state index in [1.165, 1.54) is 19.2 Å². The summed E-state index contributed by atoms with van der Waals surface area (Å²) in [5.41, 5.74) is 0.995. The molecule has 0 spiro atoms. The van der Waals surface area contributed by atoms with Crippen molar-refractivity contribution in [2.75, 3.05) is 13.9 Å². The number of phenolic OH excluding ortho intramolecular Hbond substituents is 1. The third kappa shape index (κ3) is 7.10. The minimum absolute atomic E-state index is 0.0832. The van der Waals surface area contributed by atoms with Crippen LogP contribution in [0.4, 0.5) is 0 Å². The Balaban J connectivity index is 1.73. The van der Waals surface area contributed by atoms with Gasteiger partial charge < -0.3 is 33.5 Å². The van der Waals surface area contributed by atoms with Crippen LogP contribution in [0.1, 0.15) is 60.4 Å². The summed E-state index contributed by atoms with van der Waals surface area (Å²) in [4.78, 5) is 26.4. The molecule has 0 aromatic heterocycles. The number of rotatable bonds is 5. The number of methoxy groups -OCH3 is 1. The maximum Gasteiger partial charge on any atom is 0.342 e. The summed E-state index contributed by atoms with van der Waals surface area (Å²) in [6.45, 7) is 7.16. The molecular weight excluding hydrogens is 516 g/mol. The first-order valence-electron chi connectivity index (χ1n) is 13.2. The number of benzene rings is 2. The molecule has 5 atom stereocenters. The van der Waals surface area contributed by atoms with E-state index < -0.39 is 42.1 Å². The number of phenols is 1. The maximum atomic E-state index is 13.4. The predicted octanol–water partition coefficient (Wildman–Crippen LogP) is 5.28. The zero-order valence-electron chi connectivity index (χ0n) is 23.4. The van der Waals surface area contributed by atoms with Gasteiger partial charge in [0.25, 0.3) is 0 Å². The van der Waals surface area contributed by atoms with Crippen molar-refractivity contribution < 1.29 is 43.1 Å². The molecule has 2 heterocycles. The van der Waals surface area contributed by atoms with Crippen molar-refractivity contribution in [2.24, 2.45) is 5.92 Å². The summed E-state index contributed by atoms with van der Waals surface area (Å²) in [6, 6.07) is 11.6. The molecule has 0 saturated carbocycles. The van der Waals surface area contributed by atoms with E-state index in [1.807, 2.05) is 39.0 Å². The molecular formula is C31H36O9. The Morgan fingerprint density at radius 3 is 2.58 bits per heavy atom. The van der Waals surface area contributed by atoms with E-state index in [0.29, 0.717) is 17.5 Å². The van der Waals surface area contributed by atoms with Crippen LogP contribution in [0.25, 0.3) is 6.08 Å². The first-order valence-corrected chi connectivity index (χ1v) is 13.2. The Morgan fingerprint density at radius 2 is 1.85 bits per heavy atom. The second-order valence-corrected chi connectivity index (χ2v) is 10.3. The molecule has 0 radical (unpaired) electrons. The molecule has 9 heteroatoms. The zero-order valence-corrected chi connectivity index (χ0v) is 23.4. The average molecular weight is 553 g/mol. The quantitative estimate of drug-likeness (QED) is 0.301. The van der Waals surface area contributed by atoms with Crippen molar-refractivity contribution in [3.05, 3.63) is 77.4 Å². The molecule has 1 N–H and O–H groups in total. The summed E-state index contributed by atoms with van der Waals surface area (Å²) in [5.74, 6) is -2.21. The van der Waals surface area contributed by atoms with Crippen molar-refractivity contribution >= 4 is 18.0 Å². The number of hydrogen-bond donors (Lipinski definition) is 1. The third-order valence-electron chi connectivity index (χ3n) is 6.76. The van der Waals surface area contributed by atoms with Crippen molar-refractivity contribution in [3.8, 4) is 11.5 Å². The molecule has 2 aromatic carbocycles. The van der Waals surface area contributed by atoms with E-state index in [2.05, 4.69) is 0 Å². The Kier molecular flexibility index (Phi) is 9.29. The van der Waals surface area contributed by atoms with Gasteiger partial charge in [0.05, 0.1) is 11.7 Å². The fourth-order valence-electron chi connectivity index (χ4n) is 4.62. The summed E-state index contributed by atoms with van der Waals surface area (Å²) < 4.78 is 34.8. The molecule has 1 saturated heterocycles. The van der Waals surface area contributed by atoms with Crippen molar-refractivity contribution in [3.63, 3.8) is 0 Å². The van der Waals surface area contributed by atoms with E-state index >= 15 is 0 Å². The fourth-order valence-corrected chi connectivity index (χ4v) is 4.62. The summed E-state index contributed by atoms with van der Waals surface area (Å²) in [5, 5.41) is 10.3. The number of aromatic hydroxyl groups is 1. The van der Waals surface area contributed by atoms with Gasteiger partial charge in [-0.25, -0.2) is 9.59 Å². The lowest BCUT2D eigenvalue weighted by molar-refractivity contribution is -0.152. The highest BCUT2D eigenvalue weighted by Crippen LogP contribution is 2.35. The Bertz CT molecular complexity index is 1250. The second kappa shape index (κ2) is 12.7. The van der Waals surface area contributed by atoms with Crippen LogP contribution in [0.15, 0.2) is 60.7 Å². The first-order chi connectivity index (χ1) is 19.1. The minimum atomic E-state index is -0.919. The third-order valence-corrected chi connectivity index (χ3v) is 6.76. The zero-order chi connectivity index (χ0) is 28.9. The Morgan fingerprint density at radius 1 is 1.10 bits per heavy atom. The number of esters is 2. The van der Waals surface area contributed by atoms with Crippen molar-refractivity contribution in [1.82, 2.24) is 0 Å². The minimum Gasteiger partial charge on any atom is -0.508 e. The summed E-state index contributed by atoms with van der Waals surface area (Å²) in [6.07, 6.45) is 5.08. The smallest absolute Gasteiger partial charge is 0.342 e. The van der Waals surface area contributed by atoms with Gasteiger partial charge in [-0.05, 0) is 57.0 Å². The monoisotopic (exact) mass is 552 g/mol. The first kappa shape index (κ1) is 29.3. The van der Waals surface area contributed by atoms with Crippen LogP contribution in [0.2, 0.25) is 0 Å². The number of fused-ring (bicyclic) bond motifs is 2. The highest BCUT2D eigenvalue weighted by molar-refractivity contribution is 5.97. The van der Waals surface area contributed by atoms with Gasteiger partial charge in [-0.2, -0.15) is 0 Å². The number of hydrogen-bond acceptors (Lipinski definition) is 9. The van der Waals surface area contributed by atoms with E-state index in [0.717, 1.165) is 0 Å². The lowest BCUT2D eigenvalue weighted by Crippen LogP contribution is -2.37. The topological polar surface area (TPSA) is 110 Å². The van der Waals surface area contributed by atoms with Gasteiger partial charge >= 0.3 is 11.9 Å². The summed E-state index contributed by atoms with van der Waals surface area (Å²) in [7, 11) is 1.46. The van der Waals surface area contributed by atoms with Crippen LogP contribution in [0.3, 0.4) is 0 Å². The number of carbonyl (C=O) groups excluding carboxylic acids is 2. The lowest BCUT2D eigenvalue weighted by atomic mass is 9.98. The molecule has 2 aromatic rings. The molecule has 0 amide bonds. The van der Waals surface area contributed by atoms with E-state index in [4.69, 9.17) is 28.4 Å². The molecule has 1 fully saturated rings. The molecule has 4 rings (SSSR count). The van der Waals surface area contributed by atoms with Crippen molar-refractivity contribution in [1.29, 1.82) is 0 Å². The van der Waals surface area contributed by atoms with Crippen LogP contribution in [0.5, 0.6) is 11.5 Å². The number of ether oxygens (including phenoxy) is 6. The highest BCUT2D eigenvalue weighted by Gasteiger charge is 2.45. The molecule has 2 unspecified atom stereocenters. The van der Waals surface area contributed by atoms with E-state index in [1.54, 1.807) is 43.3 Å². The second-order valence-electron chi connectivity index (χ2n) is 10.3. The van der Waals surface area contributed by atoms with Gasteiger partial charge in [0, 0.05) is 19.1 Å².